The SMILES string of the molecule is CC(=O)NCC(=O)N(CC(=O)N1CCC[C@H]1C(=O)NCC(=O)N(CC(=O)N1CCC[C@H]1C(=O)NCC(=O)N(CC(=O)N1CCC[C@H]1C(=O)NCC(=O)N(CC(=O)N1CCC[C@H]1C(=O)NCC(=O)N(CC(=O)N1CCC[C@H]1C(=O)NCC(=O)N(CC(=O)N1CCC[C@H]1C(N)=O)CC(C)C)CC(C)C)CC(C)C)CC(C)C)CC(C)C)CC(C)C. The van der Waals surface area contributed by atoms with Gasteiger partial charge in [0.05, 0.1) is 78.5 Å². The molecule has 6 atom stereocenters. The third-order valence-corrected chi connectivity index (χ3v) is 21.4. The average Bonchev–Trinajstić information content (AvgIpc) is 2.08. The smallest absolute Gasteiger partial charge is 0.243 e. The van der Waals surface area contributed by atoms with Gasteiger partial charge < -0.3 is 96.4 Å². The van der Waals surface area contributed by atoms with E-state index in [4.69, 9.17) is 5.73 Å². The summed E-state index contributed by atoms with van der Waals surface area (Å²) >= 11 is 0. The van der Waals surface area contributed by atoms with Gasteiger partial charge in [0.2, 0.25) is 112 Å². The number of hydrogen-bond acceptors (Lipinski definition) is 19. The molecule has 0 unspecified atom stereocenters. The number of hydrogen-bond donors (Lipinski definition) is 7. The van der Waals surface area contributed by atoms with E-state index in [1.165, 1.54) is 65.7 Å². The molecule has 38 nitrogen and oxygen atoms in total. The van der Waals surface area contributed by atoms with Crippen LogP contribution in [0, 0.1) is 35.5 Å². The Morgan fingerprint density at radius 2 is 0.415 bits per heavy atom. The Bertz CT molecular complexity index is 3630. The minimum atomic E-state index is -1.02. The molecular weight excluding hydrogens is 1530 g/mol. The third kappa shape index (κ3) is 29.2. The van der Waals surface area contributed by atoms with E-state index in [1.54, 1.807) is 0 Å². The molecule has 6 aliphatic rings. The molecule has 0 aromatic heterocycles. The number of nitrogens with one attached hydrogen (secondary N) is 6. The van der Waals surface area contributed by atoms with Gasteiger partial charge in [-0.05, 0) is 113 Å². The van der Waals surface area contributed by atoms with Crippen molar-refractivity contribution in [3.8, 4) is 0 Å². The molecule has 0 aromatic carbocycles. The van der Waals surface area contributed by atoms with Crippen molar-refractivity contribution in [3.05, 3.63) is 0 Å². The summed E-state index contributed by atoms with van der Waals surface area (Å²) in [5, 5.41) is 15.7. The minimum absolute atomic E-state index is 0.000795. The molecule has 6 heterocycles. The van der Waals surface area contributed by atoms with E-state index in [9.17, 15) is 91.1 Å². The Hall–Kier alpha value is -10.1. The fraction of sp³-hybridized carbons (Fsp3) is 0.762. The number of primary amides is 1. The second kappa shape index (κ2) is 46.3. The number of amides is 19. The highest BCUT2D eigenvalue weighted by Crippen LogP contribution is 2.25. The van der Waals surface area contributed by atoms with Crippen LogP contribution < -0.4 is 37.6 Å². The van der Waals surface area contributed by atoms with E-state index < -0.39 is 207 Å². The first-order valence-corrected chi connectivity index (χ1v) is 42.0. The van der Waals surface area contributed by atoms with Gasteiger partial charge in [-0.25, -0.2) is 0 Å². The lowest BCUT2D eigenvalue weighted by atomic mass is 10.1. The maximum absolute atomic E-state index is 14.2. The molecule has 6 saturated heterocycles. The normalized spacial score (nSPS) is 19.1. The van der Waals surface area contributed by atoms with E-state index in [0.717, 1.165) is 0 Å². The highest BCUT2D eigenvalue weighted by molar-refractivity contribution is 5.99. The van der Waals surface area contributed by atoms with Crippen LogP contribution in [0.3, 0.4) is 0 Å². The molecule has 6 aliphatic heterocycles. The molecule has 0 saturated carbocycles. The van der Waals surface area contributed by atoms with Gasteiger partial charge in [0.25, 0.3) is 0 Å². The Morgan fingerprint density at radius 3 is 0.568 bits per heavy atom. The first kappa shape index (κ1) is 96.8. The van der Waals surface area contributed by atoms with Gasteiger partial charge in [-0.1, -0.05) is 83.1 Å². The summed E-state index contributed by atoms with van der Waals surface area (Å²) in [6.07, 6.45) is 4.60. The number of carbonyl (C=O) groups is 19. The summed E-state index contributed by atoms with van der Waals surface area (Å²) < 4.78 is 0. The molecule has 0 spiro atoms. The topological polar surface area (TPSA) is 461 Å². The molecule has 6 rings (SSSR count). The van der Waals surface area contributed by atoms with E-state index >= 15 is 0 Å². The summed E-state index contributed by atoms with van der Waals surface area (Å²) in [6.45, 7) is 20.3. The average molecular weight is 1660 g/mol. The summed E-state index contributed by atoms with van der Waals surface area (Å²) in [7, 11) is 0. The van der Waals surface area contributed by atoms with Crippen molar-refractivity contribution < 1.29 is 91.1 Å². The quantitative estimate of drug-likeness (QED) is 0.0321. The monoisotopic (exact) mass is 1660 g/mol. The molecule has 0 bridgehead atoms. The summed E-state index contributed by atoms with van der Waals surface area (Å²) in [5.41, 5.74) is 5.53. The van der Waals surface area contributed by atoms with E-state index in [1.807, 2.05) is 83.1 Å². The van der Waals surface area contributed by atoms with Crippen LogP contribution in [0.5, 0.6) is 0 Å². The second-order valence-corrected chi connectivity index (χ2v) is 34.4. The van der Waals surface area contributed by atoms with Crippen LogP contribution in [0.25, 0.3) is 0 Å². The zero-order chi connectivity index (χ0) is 87.5. The number of rotatable bonds is 42. The van der Waals surface area contributed by atoms with Crippen molar-refractivity contribution in [2.75, 3.05) is 157 Å². The van der Waals surface area contributed by atoms with Crippen LogP contribution >= 0.6 is 0 Å². The Labute approximate surface area is 692 Å². The molecule has 19 amide bonds. The van der Waals surface area contributed by atoms with Gasteiger partial charge >= 0.3 is 0 Å². The van der Waals surface area contributed by atoms with Crippen LogP contribution in [0.1, 0.15) is 167 Å². The first-order chi connectivity index (χ1) is 55.6. The maximum atomic E-state index is 14.2. The Morgan fingerprint density at radius 1 is 0.263 bits per heavy atom. The summed E-state index contributed by atoms with van der Waals surface area (Å²) in [5.74, 6) is -11.2. The number of nitrogens with zero attached hydrogens (tertiary/aromatic N) is 12. The predicted octanol–water partition coefficient (Wildman–Crippen LogP) is -2.96. The molecule has 0 radical (unpaired) electrons. The van der Waals surface area contributed by atoms with Gasteiger partial charge in [-0.15, -0.1) is 0 Å². The van der Waals surface area contributed by atoms with E-state index in [0.29, 0.717) is 57.9 Å². The molecular formula is C80H131N19O19. The minimum Gasteiger partial charge on any atom is -0.368 e. The van der Waals surface area contributed by atoms with Crippen LogP contribution in [0.15, 0.2) is 0 Å². The fourth-order valence-electron chi connectivity index (χ4n) is 16.0. The lowest BCUT2D eigenvalue weighted by Crippen LogP contribution is -2.55. The molecule has 0 aliphatic carbocycles. The van der Waals surface area contributed by atoms with E-state index in [-0.39, 0.29) is 153 Å². The van der Waals surface area contributed by atoms with Crippen molar-refractivity contribution >= 4 is 112 Å². The fourth-order valence-corrected chi connectivity index (χ4v) is 16.0. The number of carbonyl (C=O) groups excluding carboxylic acids is 19. The van der Waals surface area contributed by atoms with Crippen LogP contribution in [0.2, 0.25) is 0 Å². The first-order valence-electron chi connectivity index (χ1n) is 42.0. The maximum Gasteiger partial charge on any atom is 0.243 e. The molecule has 660 valence electrons. The van der Waals surface area contributed by atoms with Crippen molar-refractivity contribution in [3.63, 3.8) is 0 Å². The zero-order valence-electron chi connectivity index (χ0n) is 71.6. The van der Waals surface area contributed by atoms with Crippen LogP contribution in [-0.4, -0.2) is 364 Å². The molecule has 38 heteroatoms. The van der Waals surface area contributed by atoms with Crippen LogP contribution in [-0.2, 0) is 91.1 Å². The number of likely N-dealkylation sites (tertiary alicyclic amines) is 6. The molecule has 118 heavy (non-hydrogen) atoms. The van der Waals surface area contributed by atoms with Gasteiger partial charge in [0.15, 0.2) is 0 Å². The lowest BCUT2D eigenvalue weighted by molar-refractivity contribution is -0.146. The zero-order valence-corrected chi connectivity index (χ0v) is 71.6. The molecule has 6 fully saturated rings. The van der Waals surface area contributed by atoms with Crippen LogP contribution in [0.4, 0.5) is 0 Å². The second-order valence-electron chi connectivity index (χ2n) is 34.4. The van der Waals surface area contributed by atoms with Gasteiger partial charge in [0.1, 0.15) is 36.3 Å². The molecule has 8 N–H and O–H groups in total. The van der Waals surface area contributed by atoms with Gasteiger partial charge in [-0.2, -0.15) is 0 Å². The number of nitrogens with two attached hydrogens (primary N) is 1. The Kier molecular flexibility index (Phi) is 38.0. The largest absolute Gasteiger partial charge is 0.368 e. The lowest BCUT2D eigenvalue weighted by Gasteiger charge is -2.31. The third-order valence-electron chi connectivity index (χ3n) is 21.4. The van der Waals surface area contributed by atoms with Crippen molar-refractivity contribution in [1.29, 1.82) is 0 Å². The summed E-state index contributed by atoms with van der Waals surface area (Å²) in [6, 6.07) is -5.68. The molecule has 0 aromatic rings. The highest BCUT2D eigenvalue weighted by Gasteiger charge is 2.43. The Balaban J connectivity index is 0.966. The van der Waals surface area contributed by atoms with E-state index in [2.05, 4.69) is 31.9 Å². The van der Waals surface area contributed by atoms with Gasteiger partial charge in [0, 0.05) is 85.5 Å². The van der Waals surface area contributed by atoms with Crippen molar-refractivity contribution in [2.45, 2.75) is 203 Å². The predicted molar refractivity (Wildman–Crippen MR) is 430 cm³/mol. The summed E-state index contributed by atoms with van der Waals surface area (Å²) in [4.78, 5) is 274. The van der Waals surface area contributed by atoms with Gasteiger partial charge in [-0.3, -0.25) is 91.1 Å². The highest BCUT2D eigenvalue weighted by atomic mass is 16.2. The van der Waals surface area contributed by atoms with Crippen molar-refractivity contribution in [2.24, 2.45) is 41.2 Å². The van der Waals surface area contributed by atoms with Crippen molar-refractivity contribution in [1.82, 2.24) is 90.7 Å². The standard InChI is InChI=1S/C80H131N19O19/c1-50(2)38-88(63(101)32-82-56(13)100)45-70(108)95-27-15-21-58(95)76(114)84-34-65(103)90(40-52(5)6)47-72(110)97-29-17-23-60(97)78(116)86-36-67(105)92(42-54(9)10)49-74(112)99-31-19-25-62(99)80(118)87-37-68(106)93(43-55(11)12)48-73(111)98-30-18-24-61(98)79(117)85-35-66(104)91(41-53(7)8)46-71(109)96-28-16-22-59(96)77(115)83-33-64(102)89(39-51(3)4)44-69(107)94-26-14-20-57(94)75(81)113/h50-55,57-62H,14-49H2,1-13H3,(H2,81,113)(H,82,100)(H,83,115)(H,84,114)(H,85,117)(H,86,116)(H,87,118)/t57-,58-,59-,60-,61-,62-/m0/s1.